The quantitative estimate of drug-likeness (QED) is 0.683. The van der Waals surface area contributed by atoms with Crippen molar-refractivity contribution in [1.29, 1.82) is 0 Å². The number of likely N-dealkylation sites (tertiary alicyclic amines) is 1. The van der Waals surface area contributed by atoms with E-state index in [0.29, 0.717) is 6.42 Å². The summed E-state index contributed by atoms with van der Waals surface area (Å²) in [6.07, 6.45) is 5.83. The van der Waals surface area contributed by atoms with Crippen molar-refractivity contribution >= 4 is 5.91 Å². The fraction of sp³-hybridized carbons (Fsp3) is 0.917. The average molecular weight is 213 g/mol. The largest absolute Gasteiger partial charge is 0.396 e. The summed E-state index contributed by atoms with van der Waals surface area (Å²) in [6, 6.07) is 0. The summed E-state index contributed by atoms with van der Waals surface area (Å²) in [5, 5.41) is 8.63. The fourth-order valence-corrected chi connectivity index (χ4v) is 2.25. The molecular weight excluding hydrogens is 190 g/mol. The van der Waals surface area contributed by atoms with E-state index < -0.39 is 0 Å². The van der Waals surface area contributed by atoms with E-state index in [0.717, 1.165) is 31.8 Å². The number of hydrogen-bond donors (Lipinski definition) is 1. The van der Waals surface area contributed by atoms with Gasteiger partial charge in [0.05, 0.1) is 0 Å². The van der Waals surface area contributed by atoms with E-state index in [1.165, 1.54) is 19.3 Å². The van der Waals surface area contributed by atoms with Crippen molar-refractivity contribution < 1.29 is 9.90 Å². The third-order valence-corrected chi connectivity index (χ3v) is 3.13. The van der Waals surface area contributed by atoms with Crippen molar-refractivity contribution in [2.24, 2.45) is 5.92 Å². The molecule has 0 aromatic heterocycles. The molecule has 0 bridgehead atoms. The van der Waals surface area contributed by atoms with Gasteiger partial charge in [-0.2, -0.15) is 0 Å². The summed E-state index contributed by atoms with van der Waals surface area (Å²) in [5.74, 6) is 1.01. The van der Waals surface area contributed by atoms with E-state index in [9.17, 15) is 4.79 Å². The molecule has 1 saturated heterocycles. The molecule has 1 N–H and O–H groups in total. The molecule has 1 aliphatic rings. The molecule has 0 spiro atoms. The summed E-state index contributed by atoms with van der Waals surface area (Å²) in [7, 11) is 0. The number of hydrogen-bond acceptors (Lipinski definition) is 2. The second kappa shape index (κ2) is 6.83. The number of amides is 1. The molecular formula is C12H23NO2. The normalized spacial score (nSPS) is 20.9. The van der Waals surface area contributed by atoms with E-state index in [2.05, 4.69) is 6.92 Å². The predicted octanol–water partition coefficient (Wildman–Crippen LogP) is 1.80. The second-order valence-electron chi connectivity index (χ2n) is 4.46. The van der Waals surface area contributed by atoms with Crippen LogP contribution < -0.4 is 0 Å². The molecule has 3 nitrogen and oxygen atoms in total. The molecule has 1 unspecified atom stereocenters. The molecule has 1 amide bonds. The molecule has 0 aliphatic carbocycles. The van der Waals surface area contributed by atoms with Crippen LogP contribution in [0.15, 0.2) is 0 Å². The molecule has 15 heavy (non-hydrogen) atoms. The Morgan fingerprint density at radius 3 is 2.93 bits per heavy atom. The van der Waals surface area contributed by atoms with E-state index >= 15 is 0 Å². The van der Waals surface area contributed by atoms with Crippen molar-refractivity contribution in [1.82, 2.24) is 4.90 Å². The van der Waals surface area contributed by atoms with Crippen LogP contribution in [-0.2, 0) is 4.79 Å². The predicted molar refractivity (Wildman–Crippen MR) is 60.5 cm³/mol. The summed E-state index contributed by atoms with van der Waals surface area (Å²) in [6.45, 7) is 4.31. The summed E-state index contributed by atoms with van der Waals surface area (Å²) >= 11 is 0. The minimum Gasteiger partial charge on any atom is -0.396 e. The number of carbonyl (C=O) groups is 1. The third-order valence-electron chi connectivity index (χ3n) is 3.13. The van der Waals surface area contributed by atoms with Gasteiger partial charge < -0.3 is 10.0 Å². The maximum atomic E-state index is 11.7. The third kappa shape index (κ3) is 4.20. The van der Waals surface area contributed by atoms with E-state index in [1.807, 2.05) is 4.90 Å². The highest BCUT2D eigenvalue weighted by Gasteiger charge is 2.24. The van der Waals surface area contributed by atoms with Crippen molar-refractivity contribution in [2.45, 2.75) is 45.4 Å². The van der Waals surface area contributed by atoms with Gasteiger partial charge in [-0.05, 0) is 31.6 Å². The van der Waals surface area contributed by atoms with Gasteiger partial charge in [-0.1, -0.05) is 13.3 Å². The molecule has 0 saturated carbocycles. The highest BCUT2D eigenvalue weighted by Crippen LogP contribution is 2.21. The van der Waals surface area contributed by atoms with Crippen molar-refractivity contribution in [3.05, 3.63) is 0 Å². The smallest absolute Gasteiger partial charge is 0.222 e. The van der Waals surface area contributed by atoms with Crippen molar-refractivity contribution in [3.63, 3.8) is 0 Å². The lowest BCUT2D eigenvalue weighted by atomic mass is 10.0. The van der Waals surface area contributed by atoms with Crippen LogP contribution in [-0.4, -0.2) is 35.6 Å². The molecule has 0 aromatic carbocycles. The number of carbonyl (C=O) groups excluding carboxylic acids is 1. The average Bonchev–Trinajstić information content (AvgIpc) is 2.67. The van der Waals surface area contributed by atoms with Crippen LogP contribution in [0.4, 0.5) is 0 Å². The Morgan fingerprint density at radius 1 is 1.47 bits per heavy atom. The monoisotopic (exact) mass is 213 g/mol. The number of aliphatic hydroxyl groups is 1. The lowest BCUT2D eigenvalue weighted by Crippen LogP contribution is -2.28. The van der Waals surface area contributed by atoms with Gasteiger partial charge in [0, 0.05) is 26.1 Å². The molecule has 1 atom stereocenters. The number of aliphatic hydroxyl groups excluding tert-OH is 1. The highest BCUT2D eigenvalue weighted by atomic mass is 16.3. The second-order valence-corrected chi connectivity index (χ2v) is 4.46. The van der Waals surface area contributed by atoms with Crippen LogP contribution in [0.5, 0.6) is 0 Å². The van der Waals surface area contributed by atoms with Crippen LogP contribution >= 0.6 is 0 Å². The first-order valence-corrected chi connectivity index (χ1v) is 6.16. The zero-order valence-corrected chi connectivity index (χ0v) is 9.74. The topological polar surface area (TPSA) is 40.5 Å². The van der Waals surface area contributed by atoms with Crippen molar-refractivity contribution in [2.75, 3.05) is 19.7 Å². The van der Waals surface area contributed by atoms with Gasteiger partial charge in [-0.3, -0.25) is 4.79 Å². The summed E-state index contributed by atoms with van der Waals surface area (Å²) in [5.41, 5.74) is 0. The highest BCUT2D eigenvalue weighted by molar-refractivity contribution is 5.76. The van der Waals surface area contributed by atoms with Gasteiger partial charge in [0.15, 0.2) is 0 Å². The Balaban J connectivity index is 2.18. The number of rotatable bonds is 6. The number of nitrogens with zero attached hydrogens (tertiary/aromatic N) is 1. The Morgan fingerprint density at radius 2 is 2.27 bits per heavy atom. The van der Waals surface area contributed by atoms with Crippen LogP contribution in [0.3, 0.4) is 0 Å². The summed E-state index contributed by atoms with van der Waals surface area (Å²) in [4.78, 5) is 13.7. The minimum absolute atomic E-state index is 0.200. The molecule has 88 valence electrons. The first-order chi connectivity index (χ1) is 7.27. The molecule has 1 heterocycles. The minimum atomic E-state index is 0.200. The molecule has 0 radical (unpaired) electrons. The summed E-state index contributed by atoms with van der Waals surface area (Å²) < 4.78 is 0. The SMILES string of the molecule is CCCC1CCN(C(=O)CCCCO)C1. The van der Waals surface area contributed by atoms with Gasteiger partial charge in [0.2, 0.25) is 5.91 Å². The fourth-order valence-electron chi connectivity index (χ4n) is 2.25. The van der Waals surface area contributed by atoms with E-state index in [4.69, 9.17) is 5.11 Å². The zero-order chi connectivity index (χ0) is 11.1. The Hall–Kier alpha value is -0.570. The van der Waals surface area contributed by atoms with Crippen LogP contribution in [0, 0.1) is 5.92 Å². The lowest BCUT2D eigenvalue weighted by Gasteiger charge is -2.16. The molecule has 1 fully saturated rings. The maximum absolute atomic E-state index is 11.7. The van der Waals surface area contributed by atoms with Gasteiger partial charge in [0.25, 0.3) is 0 Å². The first kappa shape index (κ1) is 12.5. The standard InChI is InChI=1S/C12H23NO2/c1-2-5-11-7-8-13(10-11)12(15)6-3-4-9-14/h11,14H,2-10H2,1H3. The van der Waals surface area contributed by atoms with Gasteiger partial charge in [-0.25, -0.2) is 0 Å². The van der Waals surface area contributed by atoms with E-state index in [1.54, 1.807) is 0 Å². The van der Waals surface area contributed by atoms with Gasteiger partial charge in [-0.15, -0.1) is 0 Å². The van der Waals surface area contributed by atoms with Crippen molar-refractivity contribution in [3.8, 4) is 0 Å². The molecule has 0 aromatic rings. The van der Waals surface area contributed by atoms with Crippen LogP contribution in [0.2, 0.25) is 0 Å². The lowest BCUT2D eigenvalue weighted by molar-refractivity contribution is -0.130. The number of unbranched alkanes of at least 4 members (excludes halogenated alkanes) is 1. The molecule has 1 rings (SSSR count). The van der Waals surface area contributed by atoms with Crippen LogP contribution in [0.1, 0.15) is 45.4 Å². The Labute approximate surface area is 92.5 Å². The maximum Gasteiger partial charge on any atom is 0.222 e. The van der Waals surface area contributed by atoms with Gasteiger partial charge >= 0.3 is 0 Å². The van der Waals surface area contributed by atoms with E-state index in [-0.39, 0.29) is 12.5 Å². The molecule has 3 heteroatoms. The van der Waals surface area contributed by atoms with Crippen LogP contribution in [0.25, 0.3) is 0 Å². The van der Waals surface area contributed by atoms with Gasteiger partial charge in [0.1, 0.15) is 0 Å². The Kier molecular flexibility index (Phi) is 5.69. The first-order valence-electron chi connectivity index (χ1n) is 6.16. The zero-order valence-electron chi connectivity index (χ0n) is 9.74. The Bertz CT molecular complexity index is 194. The molecule has 1 aliphatic heterocycles.